The van der Waals surface area contributed by atoms with Gasteiger partial charge in [-0.05, 0) is 33.0 Å². The zero-order valence-corrected chi connectivity index (χ0v) is 15.1. The van der Waals surface area contributed by atoms with Crippen molar-refractivity contribution in [2.75, 3.05) is 33.7 Å². The zero-order chi connectivity index (χ0) is 18.7. The molecule has 1 aliphatic heterocycles. The maximum Gasteiger partial charge on any atom is 0.333 e. The van der Waals surface area contributed by atoms with Crippen molar-refractivity contribution in [3.8, 4) is 0 Å². The van der Waals surface area contributed by atoms with E-state index in [1.54, 1.807) is 11.1 Å². The molecule has 1 fully saturated rings. The second-order valence-corrected chi connectivity index (χ2v) is 6.83. The number of alkyl halides is 2. The van der Waals surface area contributed by atoms with Crippen molar-refractivity contribution in [2.45, 2.75) is 31.9 Å². The van der Waals surface area contributed by atoms with Crippen LogP contribution in [0.1, 0.15) is 41.6 Å². The van der Waals surface area contributed by atoms with Crippen LogP contribution in [-0.2, 0) is 6.54 Å². The first kappa shape index (κ1) is 18.5. The number of piperidine rings is 1. The van der Waals surface area contributed by atoms with Crippen LogP contribution in [0.2, 0.25) is 0 Å². The molecule has 0 aromatic carbocycles. The lowest BCUT2D eigenvalue weighted by molar-refractivity contribution is 0.0546. The van der Waals surface area contributed by atoms with Gasteiger partial charge in [-0.25, -0.2) is 9.67 Å². The minimum absolute atomic E-state index is 0.0573. The molecule has 0 aliphatic carbocycles. The van der Waals surface area contributed by atoms with Gasteiger partial charge < -0.3 is 14.4 Å². The monoisotopic (exact) mass is 366 g/mol. The highest BCUT2D eigenvalue weighted by Crippen LogP contribution is 2.27. The van der Waals surface area contributed by atoms with Gasteiger partial charge >= 0.3 is 6.55 Å². The van der Waals surface area contributed by atoms with Crippen LogP contribution in [0.5, 0.6) is 0 Å². The number of imidazole rings is 1. The Balaban J connectivity index is 1.69. The average molecular weight is 366 g/mol. The number of hydrogen-bond acceptors (Lipinski definition) is 4. The molecule has 0 bridgehead atoms. The molecule has 142 valence electrons. The number of likely N-dealkylation sites (tertiary alicyclic amines) is 1. The summed E-state index contributed by atoms with van der Waals surface area (Å²) in [5.74, 6) is 0.810. The Hall–Kier alpha value is -2.29. The van der Waals surface area contributed by atoms with E-state index in [1.165, 1.54) is 6.07 Å². The van der Waals surface area contributed by atoms with E-state index < -0.39 is 6.55 Å². The average Bonchev–Trinajstić information content (AvgIpc) is 3.29. The van der Waals surface area contributed by atoms with E-state index in [4.69, 9.17) is 0 Å². The first-order valence-electron chi connectivity index (χ1n) is 8.74. The van der Waals surface area contributed by atoms with E-state index in [2.05, 4.69) is 19.5 Å². The van der Waals surface area contributed by atoms with Crippen molar-refractivity contribution in [3.05, 3.63) is 36.2 Å². The second-order valence-electron chi connectivity index (χ2n) is 6.83. The molecule has 1 amide bonds. The largest absolute Gasteiger partial charge is 0.337 e. The molecule has 1 saturated heterocycles. The molecule has 3 rings (SSSR count). The summed E-state index contributed by atoms with van der Waals surface area (Å²) in [7, 11) is 4.05. The van der Waals surface area contributed by atoms with Crippen molar-refractivity contribution in [3.63, 3.8) is 0 Å². The number of carbonyl (C=O) groups excluding carboxylic acids is 1. The number of carbonyl (C=O) groups is 1. The van der Waals surface area contributed by atoms with E-state index in [9.17, 15) is 13.6 Å². The molecule has 2 aromatic rings. The third-order valence-electron chi connectivity index (χ3n) is 4.64. The summed E-state index contributed by atoms with van der Waals surface area (Å²) in [6.45, 7) is 0.138. The van der Waals surface area contributed by atoms with E-state index in [1.807, 2.05) is 20.3 Å². The summed E-state index contributed by atoms with van der Waals surface area (Å²) < 4.78 is 28.0. The lowest BCUT2D eigenvalue weighted by Gasteiger charge is -2.32. The lowest BCUT2D eigenvalue weighted by atomic mass is 9.97. The van der Waals surface area contributed by atoms with Crippen LogP contribution in [0.4, 0.5) is 8.78 Å². The molecule has 0 radical (unpaired) electrons. The van der Waals surface area contributed by atoms with Crippen LogP contribution in [-0.4, -0.2) is 68.8 Å². The van der Waals surface area contributed by atoms with Gasteiger partial charge in [-0.3, -0.25) is 4.79 Å². The first-order valence-corrected chi connectivity index (χ1v) is 8.74. The van der Waals surface area contributed by atoms with Gasteiger partial charge in [0.05, 0.1) is 0 Å². The molecule has 26 heavy (non-hydrogen) atoms. The summed E-state index contributed by atoms with van der Waals surface area (Å²) in [5.41, 5.74) is 0.0573. The minimum Gasteiger partial charge on any atom is -0.337 e. The predicted octanol–water partition coefficient (Wildman–Crippen LogP) is 2.06. The Bertz CT molecular complexity index is 741. The van der Waals surface area contributed by atoms with E-state index in [0.29, 0.717) is 17.8 Å². The Morgan fingerprint density at radius 3 is 2.88 bits per heavy atom. The summed E-state index contributed by atoms with van der Waals surface area (Å²) in [6, 6.07) is 1.34. The van der Waals surface area contributed by atoms with Crippen molar-refractivity contribution in [1.82, 2.24) is 29.1 Å². The van der Waals surface area contributed by atoms with Gasteiger partial charge in [0.1, 0.15) is 5.82 Å². The number of hydrogen-bond donors (Lipinski definition) is 0. The fourth-order valence-electron chi connectivity index (χ4n) is 3.27. The van der Waals surface area contributed by atoms with Gasteiger partial charge in [-0.15, -0.1) is 0 Å². The summed E-state index contributed by atoms with van der Waals surface area (Å²) in [4.78, 5) is 20.9. The molecular formula is C17H24F2N6O. The molecule has 1 aliphatic rings. The van der Waals surface area contributed by atoms with Crippen LogP contribution < -0.4 is 0 Å². The quantitative estimate of drug-likeness (QED) is 0.785. The lowest BCUT2D eigenvalue weighted by Crippen LogP contribution is -2.40. The van der Waals surface area contributed by atoms with Gasteiger partial charge in [0.25, 0.3) is 5.91 Å². The highest BCUT2D eigenvalue weighted by molar-refractivity contribution is 5.92. The molecule has 0 N–H and O–H groups in total. The van der Waals surface area contributed by atoms with Crippen LogP contribution in [0, 0.1) is 0 Å². The zero-order valence-electron chi connectivity index (χ0n) is 15.1. The molecule has 2 aromatic heterocycles. The number of aromatic nitrogens is 4. The van der Waals surface area contributed by atoms with Gasteiger partial charge in [0, 0.05) is 50.7 Å². The van der Waals surface area contributed by atoms with Crippen molar-refractivity contribution in [1.29, 1.82) is 0 Å². The first-order chi connectivity index (χ1) is 12.5. The number of likely N-dealkylation sites (N-methyl/N-ethyl adjacent to an activating group) is 1. The SMILES string of the molecule is CN(C)CCn1ccnc1[C@H]1CCCN(C(=O)c2ccn(C(F)F)n2)C1. The van der Waals surface area contributed by atoms with Crippen molar-refractivity contribution in [2.24, 2.45) is 0 Å². The van der Waals surface area contributed by atoms with Crippen LogP contribution in [0.25, 0.3) is 0 Å². The molecule has 9 heteroatoms. The minimum atomic E-state index is -2.74. The standard InChI is InChI=1S/C17H24F2N6O/c1-22(2)10-11-23-9-6-20-15(23)13-4-3-7-24(12-13)16(26)14-5-8-25(21-14)17(18)19/h5-6,8-9,13,17H,3-4,7,10-12H2,1-2H3/t13-/m0/s1. The van der Waals surface area contributed by atoms with Crippen molar-refractivity contribution >= 4 is 5.91 Å². The van der Waals surface area contributed by atoms with E-state index >= 15 is 0 Å². The van der Waals surface area contributed by atoms with Crippen LogP contribution in [0.15, 0.2) is 24.7 Å². The van der Waals surface area contributed by atoms with Gasteiger partial charge in [0.15, 0.2) is 5.69 Å². The van der Waals surface area contributed by atoms with Gasteiger partial charge in [-0.1, -0.05) is 0 Å². The molecule has 7 nitrogen and oxygen atoms in total. The maximum absolute atomic E-state index is 12.7. The van der Waals surface area contributed by atoms with Gasteiger partial charge in [-0.2, -0.15) is 13.9 Å². The number of rotatable bonds is 6. The molecule has 0 unspecified atom stereocenters. The summed E-state index contributed by atoms with van der Waals surface area (Å²) >= 11 is 0. The van der Waals surface area contributed by atoms with Gasteiger partial charge in [0.2, 0.25) is 0 Å². The second kappa shape index (κ2) is 7.94. The Kier molecular flexibility index (Phi) is 5.65. The van der Waals surface area contributed by atoms with Crippen molar-refractivity contribution < 1.29 is 13.6 Å². The maximum atomic E-state index is 12.7. The highest BCUT2D eigenvalue weighted by Gasteiger charge is 2.29. The number of nitrogens with zero attached hydrogens (tertiary/aromatic N) is 6. The van der Waals surface area contributed by atoms with E-state index in [0.717, 1.165) is 38.0 Å². The number of halogens is 2. The predicted molar refractivity (Wildman–Crippen MR) is 92.1 cm³/mol. The highest BCUT2D eigenvalue weighted by atomic mass is 19.3. The molecule has 0 spiro atoms. The number of amides is 1. The Morgan fingerprint density at radius 2 is 2.19 bits per heavy atom. The molecule has 0 saturated carbocycles. The molecular weight excluding hydrogens is 342 g/mol. The fraction of sp³-hybridized carbons (Fsp3) is 0.588. The van der Waals surface area contributed by atoms with Crippen LogP contribution >= 0.6 is 0 Å². The van der Waals surface area contributed by atoms with Crippen LogP contribution in [0.3, 0.4) is 0 Å². The summed E-state index contributed by atoms with van der Waals surface area (Å²) in [6.07, 6.45) is 6.69. The summed E-state index contributed by atoms with van der Waals surface area (Å²) in [5, 5.41) is 3.69. The molecule has 1 atom stereocenters. The molecule has 3 heterocycles. The fourth-order valence-corrected chi connectivity index (χ4v) is 3.27. The normalized spacial score (nSPS) is 18.1. The smallest absolute Gasteiger partial charge is 0.333 e. The Morgan fingerprint density at radius 1 is 1.38 bits per heavy atom. The topological polar surface area (TPSA) is 59.2 Å². The third kappa shape index (κ3) is 4.09. The van der Waals surface area contributed by atoms with E-state index in [-0.39, 0.29) is 17.5 Å². The Labute approximate surface area is 151 Å². The third-order valence-corrected chi connectivity index (χ3v) is 4.64.